The maximum Gasteiger partial charge on any atom is 0.130 e. The predicted molar refractivity (Wildman–Crippen MR) is 129 cm³/mol. The van der Waals surface area contributed by atoms with Crippen molar-refractivity contribution >= 4 is 0 Å². The first-order chi connectivity index (χ1) is 15.0. The van der Waals surface area contributed by atoms with Crippen LogP contribution in [0, 0.1) is 52.3 Å². The molecular formula is C29H48O3. The van der Waals surface area contributed by atoms with E-state index in [1.807, 2.05) is 0 Å². The van der Waals surface area contributed by atoms with E-state index in [1.54, 1.807) is 0 Å². The summed E-state index contributed by atoms with van der Waals surface area (Å²) < 4.78 is 0. The molecule has 3 saturated carbocycles. The van der Waals surface area contributed by atoms with Crippen LogP contribution in [0.3, 0.4) is 0 Å². The van der Waals surface area contributed by atoms with Crippen LogP contribution in [0.5, 0.6) is 0 Å². The zero-order chi connectivity index (χ0) is 23.1. The molecular weight excluding hydrogens is 396 g/mol. The Hall–Kier alpha value is -0.380. The molecule has 182 valence electrons. The highest BCUT2D eigenvalue weighted by atomic mass is 17.2. The summed E-state index contributed by atoms with van der Waals surface area (Å²) in [4.78, 5) is 12.8. The van der Waals surface area contributed by atoms with E-state index in [-0.39, 0.29) is 17.1 Å². The van der Waals surface area contributed by atoms with Gasteiger partial charge in [0.2, 0.25) is 0 Å². The van der Waals surface area contributed by atoms with Crippen LogP contribution in [0.1, 0.15) is 99.8 Å². The Morgan fingerprint density at radius 3 is 2.31 bits per heavy atom. The smallest absolute Gasteiger partial charge is 0.130 e. The van der Waals surface area contributed by atoms with Crippen molar-refractivity contribution in [2.75, 3.05) is 0 Å². The molecule has 2 spiro atoms. The third kappa shape index (κ3) is 2.95. The van der Waals surface area contributed by atoms with Crippen LogP contribution in [0.15, 0.2) is 12.2 Å². The summed E-state index contributed by atoms with van der Waals surface area (Å²) in [7, 11) is 0. The minimum atomic E-state index is -0.432. The third-order valence-electron chi connectivity index (χ3n) is 12.1. The number of fused-ring (bicyclic) bond motifs is 2. The van der Waals surface area contributed by atoms with Crippen LogP contribution in [-0.2, 0) is 9.78 Å². The highest BCUT2D eigenvalue weighted by molar-refractivity contribution is 5.33. The Labute approximate surface area is 196 Å². The Bertz CT molecular complexity index is 762. The minimum Gasteiger partial charge on any atom is -0.393 e. The highest BCUT2D eigenvalue weighted by Crippen LogP contribution is 2.72. The molecule has 4 aliphatic carbocycles. The lowest BCUT2D eigenvalue weighted by Gasteiger charge is -2.69. The Morgan fingerprint density at radius 1 is 0.906 bits per heavy atom. The predicted octanol–water partition coefficient (Wildman–Crippen LogP) is 6.94. The monoisotopic (exact) mass is 444 g/mol. The van der Waals surface area contributed by atoms with Gasteiger partial charge in [0, 0.05) is 23.7 Å². The van der Waals surface area contributed by atoms with E-state index < -0.39 is 5.60 Å². The van der Waals surface area contributed by atoms with Crippen molar-refractivity contribution in [3.63, 3.8) is 0 Å². The van der Waals surface area contributed by atoms with Crippen LogP contribution in [0.25, 0.3) is 0 Å². The van der Waals surface area contributed by atoms with Crippen molar-refractivity contribution in [2.24, 2.45) is 52.3 Å². The van der Waals surface area contributed by atoms with Crippen molar-refractivity contribution in [3.8, 4) is 0 Å². The van der Waals surface area contributed by atoms with Gasteiger partial charge < -0.3 is 5.11 Å². The highest BCUT2D eigenvalue weighted by Gasteiger charge is 2.74. The largest absolute Gasteiger partial charge is 0.393 e. The van der Waals surface area contributed by atoms with Gasteiger partial charge in [0.05, 0.1) is 6.10 Å². The molecule has 0 radical (unpaired) electrons. The zero-order valence-electron chi connectivity index (χ0n) is 21.7. The summed E-state index contributed by atoms with van der Waals surface area (Å²) in [6.07, 6.45) is 13.6. The molecule has 2 heterocycles. The molecule has 2 bridgehead atoms. The maximum absolute atomic E-state index is 10.4. The SMILES string of the molecule is CC(C)C(C)C(C)CC(C)C1CCC2C1(C)CCC1C23C=CC2(CC(O)CCC12C)OO3. The van der Waals surface area contributed by atoms with E-state index in [0.29, 0.717) is 23.7 Å². The summed E-state index contributed by atoms with van der Waals surface area (Å²) >= 11 is 0. The molecule has 4 fully saturated rings. The first-order valence-electron chi connectivity index (χ1n) is 13.7. The third-order valence-corrected chi connectivity index (χ3v) is 12.1. The quantitative estimate of drug-likeness (QED) is 0.368. The van der Waals surface area contributed by atoms with Gasteiger partial charge in [-0.1, -0.05) is 54.5 Å². The second kappa shape index (κ2) is 7.56. The Kier molecular flexibility index (Phi) is 5.52. The normalized spacial score (nSPS) is 52.3. The lowest BCUT2D eigenvalue weighted by molar-refractivity contribution is -0.497. The van der Waals surface area contributed by atoms with Gasteiger partial charge in [0.25, 0.3) is 0 Å². The van der Waals surface area contributed by atoms with Crippen molar-refractivity contribution in [1.29, 1.82) is 0 Å². The van der Waals surface area contributed by atoms with E-state index in [0.717, 1.165) is 42.4 Å². The Morgan fingerprint density at radius 2 is 1.66 bits per heavy atom. The average Bonchev–Trinajstić information content (AvgIpc) is 3.11. The van der Waals surface area contributed by atoms with Gasteiger partial charge in [0.15, 0.2) is 0 Å². The fourth-order valence-corrected chi connectivity index (χ4v) is 9.70. The molecule has 0 amide bonds. The average molecular weight is 445 g/mol. The van der Waals surface area contributed by atoms with Gasteiger partial charge in [-0.25, -0.2) is 9.78 Å². The molecule has 2 aliphatic heterocycles. The number of hydrogen-bond acceptors (Lipinski definition) is 3. The summed E-state index contributed by atoms with van der Waals surface area (Å²) in [5.41, 5.74) is -0.298. The maximum atomic E-state index is 10.4. The fourth-order valence-electron chi connectivity index (χ4n) is 9.70. The Balaban J connectivity index is 1.42. The molecule has 0 aromatic heterocycles. The standard InChI is InChI=1S/C29H48O3/c1-18(2)21(5)19(3)16-20(4)23-8-9-24-26(23,6)12-11-25-27(7)13-10-22(30)17-28(27)14-15-29(24,25)32-31-28/h14-15,18-25,30H,8-13,16-17H2,1-7H3. The molecule has 1 N–H and O–H groups in total. The summed E-state index contributed by atoms with van der Waals surface area (Å²) in [5, 5.41) is 10.4. The molecule has 6 aliphatic rings. The number of hydrogen-bond donors (Lipinski definition) is 1. The molecule has 3 nitrogen and oxygen atoms in total. The molecule has 0 aromatic rings. The van der Waals surface area contributed by atoms with Gasteiger partial charge in [-0.05, 0) is 86.0 Å². The van der Waals surface area contributed by atoms with Crippen molar-refractivity contribution in [1.82, 2.24) is 0 Å². The van der Waals surface area contributed by atoms with E-state index in [9.17, 15) is 5.11 Å². The molecule has 0 aromatic carbocycles. The van der Waals surface area contributed by atoms with E-state index >= 15 is 0 Å². The minimum absolute atomic E-state index is 0.0749. The summed E-state index contributed by atoms with van der Waals surface area (Å²) in [5.74, 6) is 4.89. The van der Waals surface area contributed by atoms with Gasteiger partial charge in [0.1, 0.15) is 11.2 Å². The first kappa shape index (κ1) is 23.4. The zero-order valence-corrected chi connectivity index (χ0v) is 21.7. The molecule has 32 heavy (non-hydrogen) atoms. The van der Waals surface area contributed by atoms with E-state index in [2.05, 4.69) is 60.6 Å². The summed E-state index contributed by atoms with van der Waals surface area (Å²) in [6, 6.07) is 0. The molecule has 6 rings (SSSR count). The second-order valence-electron chi connectivity index (χ2n) is 13.7. The van der Waals surface area contributed by atoms with E-state index in [1.165, 1.54) is 32.1 Å². The van der Waals surface area contributed by atoms with Gasteiger partial charge >= 0.3 is 0 Å². The van der Waals surface area contributed by atoms with Crippen molar-refractivity contribution < 1.29 is 14.9 Å². The summed E-state index contributed by atoms with van der Waals surface area (Å²) in [6.45, 7) is 17.2. The van der Waals surface area contributed by atoms with Crippen molar-refractivity contribution in [3.05, 3.63) is 12.2 Å². The number of rotatable bonds is 5. The fraction of sp³-hybridized carbons (Fsp3) is 0.931. The van der Waals surface area contributed by atoms with Crippen molar-refractivity contribution in [2.45, 2.75) is 117 Å². The molecule has 1 saturated heterocycles. The topological polar surface area (TPSA) is 38.7 Å². The lowest BCUT2D eigenvalue weighted by atomic mass is 9.42. The number of aliphatic hydroxyl groups is 1. The van der Waals surface area contributed by atoms with E-state index in [4.69, 9.17) is 9.78 Å². The van der Waals surface area contributed by atoms with Crippen LogP contribution in [0.4, 0.5) is 0 Å². The van der Waals surface area contributed by atoms with Gasteiger partial charge in [-0.2, -0.15) is 0 Å². The van der Waals surface area contributed by atoms with Gasteiger partial charge in [-0.3, -0.25) is 0 Å². The molecule has 11 unspecified atom stereocenters. The second-order valence-corrected chi connectivity index (χ2v) is 13.7. The van der Waals surface area contributed by atoms with Gasteiger partial charge in [-0.15, -0.1) is 0 Å². The number of aliphatic hydroxyl groups excluding tert-OH is 1. The van der Waals surface area contributed by atoms with Crippen LogP contribution < -0.4 is 0 Å². The molecule has 3 heteroatoms. The van der Waals surface area contributed by atoms with Crippen LogP contribution in [-0.4, -0.2) is 22.4 Å². The van der Waals surface area contributed by atoms with Crippen LogP contribution in [0.2, 0.25) is 0 Å². The lowest BCUT2D eigenvalue weighted by Crippen LogP contribution is -2.73. The first-order valence-corrected chi connectivity index (χ1v) is 13.7. The van der Waals surface area contributed by atoms with Crippen LogP contribution >= 0.6 is 0 Å². The molecule has 11 atom stereocenters.